The molecule has 26 heavy (non-hydrogen) atoms. The summed E-state index contributed by atoms with van der Waals surface area (Å²) in [4.78, 5) is 22.0. The van der Waals surface area contributed by atoms with E-state index in [0.717, 1.165) is 11.3 Å². The Hall–Kier alpha value is -3.28. The van der Waals surface area contributed by atoms with Crippen molar-refractivity contribution in [3.8, 4) is 11.5 Å². The highest BCUT2D eigenvalue weighted by atomic mass is 16.6. The second kappa shape index (κ2) is 7.31. The van der Waals surface area contributed by atoms with Gasteiger partial charge in [0.2, 0.25) is 6.10 Å². The van der Waals surface area contributed by atoms with Crippen LogP contribution in [0.4, 0.5) is 0 Å². The van der Waals surface area contributed by atoms with Crippen molar-refractivity contribution in [1.29, 1.82) is 0 Å². The third-order valence-corrected chi connectivity index (χ3v) is 4.23. The summed E-state index contributed by atoms with van der Waals surface area (Å²) in [5.41, 5.74) is 1.92. The topological polar surface area (TPSA) is 67.5 Å². The molecule has 0 saturated heterocycles. The lowest BCUT2D eigenvalue weighted by Crippen LogP contribution is -2.45. The molecular weight excluding hydrogens is 330 g/mol. The molecule has 6 heteroatoms. The number of benzene rings is 2. The van der Waals surface area contributed by atoms with Crippen molar-refractivity contribution < 1.29 is 14.3 Å². The Morgan fingerprint density at radius 3 is 2.62 bits per heavy atom. The molecule has 0 spiro atoms. The Morgan fingerprint density at radius 2 is 1.85 bits per heavy atom. The first-order chi connectivity index (χ1) is 12.8. The van der Waals surface area contributed by atoms with E-state index in [-0.39, 0.29) is 12.5 Å². The van der Waals surface area contributed by atoms with Gasteiger partial charge in [0, 0.05) is 12.7 Å². The summed E-state index contributed by atoms with van der Waals surface area (Å²) in [7, 11) is 0. The van der Waals surface area contributed by atoms with Crippen molar-refractivity contribution in [3.63, 3.8) is 0 Å². The number of hydrogen-bond acceptors (Lipinski definition) is 4. The number of fused-ring (bicyclic) bond motifs is 1. The number of imidazole rings is 1. The van der Waals surface area contributed by atoms with Crippen molar-refractivity contribution in [2.45, 2.75) is 19.2 Å². The fourth-order valence-electron chi connectivity index (χ4n) is 2.94. The molecule has 1 N–H and O–H groups in total. The third-order valence-electron chi connectivity index (χ3n) is 4.23. The summed E-state index contributed by atoms with van der Waals surface area (Å²) in [6, 6.07) is 17.3. The van der Waals surface area contributed by atoms with Crippen molar-refractivity contribution in [1.82, 2.24) is 14.9 Å². The van der Waals surface area contributed by atoms with Gasteiger partial charge in [-0.3, -0.25) is 4.79 Å². The van der Waals surface area contributed by atoms with Gasteiger partial charge in [0.15, 0.2) is 11.5 Å². The summed E-state index contributed by atoms with van der Waals surface area (Å²) in [6.45, 7) is 1.11. The fraction of sp³-hybridized carbons (Fsp3) is 0.200. The van der Waals surface area contributed by atoms with Gasteiger partial charge in [-0.1, -0.05) is 42.5 Å². The molecule has 0 aliphatic carbocycles. The van der Waals surface area contributed by atoms with E-state index in [0.29, 0.717) is 24.6 Å². The molecule has 4 rings (SSSR count). The lowest BCUT2D eigenvalue weighted by molar-refractivity contribution is -0.142. The molecule has 1 aliphatic rings. The van der Waals surface area contributed by atoms with Crippen LogP contribution in [0.15, 0.2) is 67.1 Å². The first-order valence-corrected chi connectivity index (χ1v) is 8.48. The zero-order chi connectivity index (χ0) is 17.8. The Bertz CT molecular complexity index is 865. The minimum Gasteiger partial charge on any atom is -0.485 e. The second-order valence-corrected chi connectivity index (χ2v) is 6.12. The molecule has 0 radical (unpaired) electrons. The van der Waals surface area contributed by atoms with Gasteiger partial charge >= 0.3 is 0 Å². The minimum absolute atomic E-state index is 0.113. The number of carbonyl (C=O) groups is 1. The molecular formula is C20H19N3O3. The van der Waals surface area contributed by atoms with Crippen LogP contribution in [-0.2, 0) is 17.9 Å². The van der Waals surface area contributed by atoms with Crippen molar-refractivity contribution in [2.24, 2.45) is 0 Å². The first kappa shape index (κ1) is 16.2. The SMILES string of the molecule is O=C(C1COc2ccccc2O1)N(Cc1ccccc1)Cc1cnc[nH]1. The van der Waals surface area contributed by atoms with E-state index in [1.807, 2.05) is 54.6 Å². The molecule has 0 saturated carbocycles. The highest BCUT2D eigenvalue weighted by Gasteiger charge is 2.31. The van der Waals surface area contributed by atoms with Crippen LogP contribution in [0.1, 0.15) is 11.3 Å². The van der Waals surface area contributed by atoms with Crippen LogP contribution in [-0.4, -0.2) is 33.5 Å². The van der Waals surface area contributed by atoms with Gasteiger partial charge in [0.25, 0.3) is 5.91 Å². The monoisotopic (exact) mass is 349 g/mol. The number of H-pyrrole nitrogens is 1. The predicted molar refractivity (Wildman–Crippen MR) is 95.6 cm³/mol. The Kier molecular flexibility index (Phi) is 4.55. The molecule has 1 unspecified atom stereocenters. The number of aromatic nitrogens is 2. The molecule has 1 aromatic heterocycles. The van der Waals surface area contributed by atoms with Gasteiger partial charge in [-0.15, -0.1) is 0 Å². The minimum atomic E-state index is -0.670. The molecule has 6 nitrogen and oxygen atoms in total. The smallest absolute Gasteiger partial charge is 0.267 e. The Labute approximate surface area is 151 Å². The largest absolute Gasteiger partial charge is 0.485 e. The van der Waals surface area contributed by atoms with E-state index in [1.165, 1.54) is 0 Å². The summed E-state index contributed by atoms with van der Waals surface area (Å²) >= 11 is 0. The van der Waals surface area contributed by atoms with Crippen molar-refractivity contribution in [2.75, 3.05) is 6.61 Å². The van der Waals surface area contributed by atoms with E-state index in [1.54, 1.807) is 17.4 Å². The zero-order valence-corrected chi connectivity index (χ0v) is 14.2. The van der Waals surface area contributed by atoms with E-state index in [9.17, 15) is 4.79 Å². The summed E-state index contributed by atoms with van der Waals surface area (Å²) in [6.07, 6.45) is 2.66. The predicted octanol–water partition coefficient (Wildman–Crippen LogP) is 2.78. The van der Waals surface area contributed by atoms with Gasteiger partial charge in [-0.05, 0) is 17.7 Å². The number of para-hydroxylation sites is 2. The number of nitrogens with one attached hydrogen (secondary N) is 1. The van der Waals surface area contributed by atoms with Gasteiger partial charge < -0.3 is 19.4 Å². The van der Waals surface area contributed by atoms with Gasteiger partial charge in [0.05, 0.1) is 18.6 Å². The molecule has 3 aromatic rings. The molecule has 0 fully saturated rings. The van der Waals surface area contributed by atoms with E-state index < -0.39 is 6.10 Å². The number of aromatic amines is 1. The maximum Gasteiger partial charge on any atom is 0.267 e. The standard InChI is InChI=1S/C20H19N3O3/c24-20(19-13-25-17-8-4-5-9-18(17)26-19)23(12-16-10-21-14-22-16)11-15-6-2-1-3-7-15/h1-10,14,19H,11-13H2,(H,21,22). The van der Waals surface area contributed by atoms with E-state index >= 15 is 0 Å². The highest BCUT2D eigenvalue weighted by molar-refractivity contribution is 5.82. The number of amides is 1. The van der Waals surface area contributed by atoms with Crippen LogP contribution >= 0.6 is 0 Å². The average molecular weight is 349 g/mol. The molecule has 1 aliphatic heterocycles. The quantitative estimate of drug-likeness (QED) is 0.769. The maximum atomic E-state index is 13.1. The van der Waals surface area contributed by atoms with Crippen LogP contribution in [0.2, 0.25) is 0 Å². The van der Waals surface area contributed by atoms with Gasteiger partial charge in [0.1, 0.15) is 6.61 Å². The van der Waals surface area contributed by atoms with Gasteiger partial charge in [-0.2, -0.15) is 0 Å². The number of carbonyl (C=O) groups excluding carboxylic acids is 1. The van der Waals surface area contributed by atoms with Crippen molar-refractivity contribution in [3.05, 3.63) is 78.4 Å². The number of nitrogens with zero attached hydrogens (tertiary/aromatic N) is 2. The number of ether oxygens (including phenoxy) is 2. The summed E-state index contributed by atoms with van der Waals surface area (Å²) in [5, 5.41) is 0. The van der Waals surface area contributed by atoms with Crippen LogP contribution in [0.3, 0.4) is 0 Å². The van der Waals surface area contributed by atoms with Crippen molar-refractivity contribution >= 4 is 5.91 Å². The molecule has 2 heterocycles. The van der Waals surface area contributed by atoms with Crippen LogP contribution in [0.5, 0.6) is 11.5 Å². The highest BCUT2D eigenvalue weighted by Crippen LogP contribution is 2.31. The zero-order valence-electron chi connectivity index (χ0n) is 14.2. The first-order valence-electron chi connectivity index (χ1n) is 8.48. The number of rotatable bonds is 5. The number of hydrogen-bond donors (Lipinski definition) is 1. The molecule has 1 atom stereocenters. The summed E-state index contributed by atoms with van der Waals surface area (Å²) in [5.74, 6) is 1.15. The molecule has 1 amide bonds. The molecule has 2 aromatic carbocycles. The molecule has 0 bridgehead atoms. The van der Waals surface area contributed by atoms with E-state index in [2.05, 4.69) is 9.97 Å². The Balaban J connectivity index is 1.54. The lowest BCUT2D eigenvalue weighted by Gasteiger charge is -2.30. The maximum absolute atomic E-state index is 13.1. The van der Waals surface area contributed by atoms with Crippen LogP contribution in [0, 0.1) is 0 Å². The Morgan fingerprint density at radius 1 is 1.08 bits per heavy atom. The summed E-state index contributed by atoms with van der Waals surface area (Å²) < 4.78 is 11.6. The second-order valence-electron chi connectivity index (χ2n) is 6.12. The fourth-order valence-corrected chi connectivity index (χ4v) is 2.94. The van der Waals surface area contributed by atoms with Crippen LogP contribution < -0.4 is 9.47 Å². The lowest BCUT2D eigenvalue weighted by atomic mass is 10.2. The normalized spacial score (nSPS) is 15.5. The van der Waals surface area contributed by atoms with E-state index in [4.69, 9.17) is 9.47 Å². The molecule has 132 valence electrons. The third kappa shape index (κ3) is 3.54. The van der Waals surface area contributed by atoms with Gasteiger partial charge in [-0.25, -0.2) is 4.98 Å². The van der Waals surface area contributed by atoms with Crippen LogP contribution in [0.25, 0.3) is 0 Å². The average Bonchev–Trinajstić information content (AvgIpc) is 3.20.